The van der Waals surface area contributed by atoms with Crippen LogP contribution in [-0.4, -0.2) is 32.7 Å². The molecule has 0 aliphatic carbocycles. The highest BCUT2D eigenvalue weighted by Gasteiger charge is 2.25. The lowest BCUT2D eigenvalue weighted by molar-refractivity contribution is -0.130. The van der Waals surface area contributed by atoms with E-state index in [-0.39, 0.29) is 23.3 Å². The fourth-order valence-corrected chi connectivity index (χ4v) is 4.24. The summed E-state index contributed by atoms with van der Waals surface area (Å²) in [4.78, 5) is 26.2. The first-order valence-electron chi connectivity index (χ1n) is 10.4. The normalized spacial score (nSPS) is 11.9. The Morgan fingerprint density at radius 3 is 2.35 bits per heavy atom. The van der Waals surface area contributed by atoms with Gasteiger partial charge in [0.2, 0.25) is 0 Å². The molecule has 0 bridgehead atoms. The van der Waals surface area contributed by atoms with Crippen molar-refractivity contribution in [1.29, 1.82) is 0 Å². The smallest absolute Gasteiger partial charge is 0.336 e. The van der Waals surface area contributed by atoms with Crippen molar-refractivity contribution >= 4 is 40.1 Å². The third kappa shape index (κ3) is 4.58. The van der Waals surface area contributed by atoms with E-state index < -0.39 is 17.6 Å². The zero-order chi connectivity index (χ0) is 24.4. The quantitative estimate of drug-likeness (QED) is 0.283. The number of carbonyl (C=O) groups excluding carboxylic acids is 1. The minimum atomic E-state index is -1.26. The van der Waals surface area contributed by atoms with E-state index in [0.717, 1.165) is 22.9 Å². The number of benzene rings is 3. The number of halogens is 1. The van der Waals surface area contributed by atoms with Gasteiger partial charge in [-0.2, -0.15) is 8.75 Å². The first-order valence-corrected chi connectivity index (χ1v) is 11.1. The highest BCUT2D eigenvalue weighted by molar-refractivity contribution is 7.00. The lowest BCUT2D eigenvalue weighted by Crippen LogP contribution is -2.14. The van der Waals surface area contributed by atoms with Crippen molar-refractivity contribution in [3.8, 4) is 5.75 Å². The minimum absolute atomic E-state index is 0.0443. The molecule has 6 nitrogen and oxygen atoms in total. The number of Topliss-reactive ketones (excluding diaryl/α,β-unsaturated/α-hetero) is 1. The average molecular weight is 477 g/mol. The number of carboxylic acid groups (broad SMARTS) is 1. The van der Waals surface area contributed by atoms with Crippen molar-refractivity contribution in [1.82, 2.24) is 8.75 Å². The first kappa shape index (κ1) is 23.3. The maximum absolute atomic E-state index is 14.4. The molecule has 3 aromatic carbocycles. The van der Waals surface area contributed by atoms with Crippen LogP contribution in [0.3, 0.4) is 0 Å². The second-order valence-electron chi connectivity index (χ2n) is 7.90. The first-order chi connectivity index (χ1) is 16.3. The third-order valence-corrected chi connectivity index (χ3v) is 6.26. The van der Waals surface area contributed by atoms with Crippen LogP contribution in [0.15, 0.2) is 60.2 Å². The molecule has 1 aromatic heterocycles. The van der Waals surface area contributed by atoms with Gasteiger partial charge in [-0.15, -0.1) is 0 Å². The van der Waals surface area contributed by atoms with E-state index in [0.29, 0.717) is 27.7 Å². The van der Waals surface area contributed by atoms with E-state index >= 15 is 0 Å². The number of ketones is 1. The van der Waals surface area contributed by atoms with E-state index in [9.17, 15) is 19.1 Å². The summed E-state index contributed by atoms with van der Waals surface area (Å²) in [7, 11) is 1.36. The van der Waals surface area contributed by atoms with Crippen molar-refractivity contribution in [2.45, 2.75) is 20.3 Å². The standard InChI is InChI=1S/C26H21FN2O4S/c1-14-4-6-18(10-15(14)2)25(30)19(11-16-5-9-23(33-3)20(27)12-16)24(26(31)32)17-7-8-21-22(13-17)29-34-28-21/h4-10,12-13H,11H2,1-3H3,(H,31,32). The summed E-state index contributed by atoms with van der Waals surface area (Å²) in [6.07, 6.45) is -0.0817. The van der Waals surface area contributed by atoms with Crippen molar-refractivity contribution in [3.05, 3.63) is 93.8 Å². The van der Waals surface area contributed by atoms with Gasteiger partial charge in [0.25, 0.3) is 0 Å². The van der Waals surface area contributed by atoms with Crippen LogP contribution in [0, 0.1) is 19.7 Å². The SMILES string of the molecule is COc1ccc(CC(C(=O)c2ccc(C)c(C)c2)=C(C(=O)O)c2ccc3nsnc3c2)cc1F. The third-order valence-electron chi connectivity index (χ3n) is 5.70. The van der Waals surface area contributed by atoms with E-state index in [4.69, 9.17) is 4.74 Å². The number of fused-ring (bicyclic) bond motifs is 1. The van der Waals surface area contributed by atoms with E-state index in [1.54, 1.807) is 36.4 Å². The number of aliphatic carboxylic acids is 1. The fraction of sp³-hybridized carbons (Fsp3) is 0.154. The molecule has 1 heterocycles. The molecule has 0 amide bonds. The van der Waals surface area contributed by atoms with E-state index in [1.807, 2.05) is 19.9 Å². The molecule has 0 aliphatic heterocycles. The number of hydrogen-bond acceptors (Lipinski definition) is 6. The molecule has 0 unspecified atom stereocenters. The number of ether oxygens (including phenoxy) is 1. The van der Waals surface area contributed by atoms with Gasteiger partial charge in [-0.3, -0.25) is 4.79 Å². The van der Waals surface area contributed by atoms with Crippen LogP contribution in [0.2, 0.25) is 0 Å². The van der Waals surface area contributed by atoms with Crippen molar-refractivity contribution in [2.24, 2.45) is 0 Å². The van der Waals surface area contributed by atoms with E-state index in [2.05, 4.69) is 8.75 Å². The fourth-order valence-electron chi connectivity index (χ4n) is 3.73. The summed E-state index contributed by atoms with van der Waals surface area (Å²) in [6, 6.07) is 14.4. The van der Waals surface area contributed by atoms with E-state index in [1.165, 1.54) is 19.2 Å². The van der Waals surface area contributed by atoms with Crippen LogP contribution in [0.1, 0.15) is 32.6 Å². The molecular weight excluding hydrogens is 455 g/mol. The molecule has 0 radical (unpaired) electrons. The molecule has 4 aromatic rings. The Kier molecular flexibility index (Phi) is 6.51. The Bertz CT molecular complexity index is 1460. The molecule has 0 saturated carbocycles. The van der Waals surface area contributed by atoms with Crippen molar-refractivity contribution in [2.75, 3.05) is 7.11 Å². The summed E-state index contributed by atoms with van der Waals surface area (Å²) in [5.74, 6) is -2.23. The minimum Gasteiger partial charge on any atom is -0.494 e. The number of carbonyl (C=O) groups is 2. The highest BCUT2D eigenvalue weighted by Crippen LogP contribution is 2.29. The Hall–Kier alpha value is -3.91. The molecule has 172 valence electrons. The number of aryl methyl sites for hydroxylation is 2. The molecule has 0 aliphatic rings. The van der Waals surface area contributed by atoms with Gasteiger partial charge in [0, 0.05) is 17.6 Å². The number of rotatable bonds is 7. The van der Waals surface area contributed by atoms with Crippen molar-refractivity contribution in [3.63, 3.8) is 0 Å². The van der Waals surface area contributed by atoms with Gasteiger partial charge >= 0.3 is 5.97 Å². The Morgan fingerprint density at radius 1 is 0.941 bits per heavy atom. The number of nitrogens with zero attached hydrogens (tertiary/aromatic N) is 2. The van der Waals surface area contributed by atoms with Gasteiger partial charge in [-0.25, -0.2) is 9.18 Å². The molecule has 0 saturated heterocycles. The summed E-state index contributed by atoms with van der Waals surface area (Å²) >= 11 is 1.02. The zero-order valence-electron chi connectivity index (χ0n) is 18.8. The number of hydrogen-bond donors (Lipinski definition) is 1. The number of methoxy groups -OCH3 is 1. The van der Waals surface area contributed by atoms with Crippen LogP contribution in [0.25, 0.3) is 16.6 Å². The Morgan fingerprint density at radius 2 is 1.68 bits per heavy atom. The van der Waals surface area contributed by atoms with Gasteiger partial charge in [0.15, 0.2) is 17.3 Å². The molecule has 0 fully saturated rings. The Balaban J connectivity index is 1.92. The predicted molar refractivity (Wildman–Crippen MR) is 129 cm³/mol. The summed E-state index contributed by atoms with van der Waals surface area (Å²) in [5.41, 5.74) is 4.12. The molecule has 0 atom stereocenters. The summed E-state index contributed by atoms with van der Waals surface area (Å²) in [5, 5.41) is 10.2. The largest absolute Gasteiger partial charge is 0.494 e. The van der Waals surface area contributed by atoms with Crippen LogP contribution in [0.4, 0.5) is 4.39 Å². The maximum atomic E-state index is 14.4. The Labute approximate surface area is 199 Å². The van der Waals surface area contributed by atoms with Gasteiger partial charge in [0.05, 0.1) is 24.4 Å². The lowest BCUT2D eigenvalue weighted by Gasteiger charge is -2.14. The zero-order valence-corrected chi connectivity index (χ0v) is 19.6. The lowest BCUT2D eigenvalue weighted by atomic mass is 9.88. The van der Waals surface area contributed by atoms with Gasteiger partial charge in [-0.05, 0) is 66.4 Å². The maximum Gasteiger partial charge on any atom is 0.336 e. The van der Waals surface area contributed by atoms with Gasteiger partial charge < -0.3 is 9.84 Å². The molecular formula is C26H21FN2O4S. The van der Waals surface area contributed by atoms with Crippen LogP contribution in [0.5, 0.6) is 5.75 Å². The van der Waals surface area contributed by atoms with Crippen LogP contribution < -0.4 is 4.74 Å². The second kappa shape index (κ2) is 9.52. The monoisotopic (exact) mass is 476 g/mol. The number of aromatic nitrogens is 2. The van der Waals surface area contributed by atoms with Crippen LogP contribution in [-0.2, 0) is 11.2 Å². The highest BCUT2D eigenvalue weighted by atomic mass is 32.1. The summed E-state index contributed by atoms with van der Waals surface area (Å²) < 4.78 is 27.7. The number of allylic oxidation sites excluding steroid dienone is 1. The topological polar surface area (TPSA) is 89.4 Å². The number of carboxylic acids is 1. The van der Waals surface area contributed by atoms with Gasteiger partial charge in [0.1, 0.15) is 11.0 Å². The van der Waals surface area contributed by atoms with Crippen LogP contribution >= 0.6 is 11.7 Å². The molecule has 1 N–H and O–H groups in total. The summed E-state index contributed by atoms with van der Waals surface area (Å²) in [6.45, 7) is 3.82. The van der Waals surface area contributed by atoms with Crippen molar-refractivity contribution < 1.29 is 23.8 Å². The molecule has 4 rings (SSSR count). The molecule has 34 heavy (non-hydrogen) atoms. The van der Waals surface area contributed by atoms with Gasteiger partial charge in [-0.1, -0.05) is 24.3 Å². The predicted octanol–water partition coefficient (Wildman–Crippen LogP) is 5.42. The molecule has 0 spiro atoms. The average Bonchev–Trinajstić information content (AvgIpc) is 3.28. The second-order valence-corrected chi connectivity index (χ2v) is 8.43. The molecule has 8 heteroatoms.